The van der Waals surface area contributed by atoms with Gasteiger partial charge in [0.2, 0.25) is 0 Å². The molecule has 0 aromatic heterocycles. The zero-order chi connectivity index (χ0) is 12.3. The highest BCUT2D eigenvalue weighted by atomic mass is 79.9. The van der Waals surface area contributed by atoms with Gasteiger partial charge < -0.3 is 5.73 Å². The van der Waals surface area contributed by atoms with Crippen molar-refractivity contribution < 1.29 is 0 Å². The van der Waals surface area contributed by atoms with Crippen molar-refractivity contribution in [3.8, 4) is 0 Å². The summed E-state index contributed by atoms with van der Waals surface area (Å²) >= 11 is 5.17. The number of rotatable bonds is 4. The first-order chi connectivity index (χ1) is 7.41. The number of thioether (sulfide) groups is 1. The van der Waals surface area contributed by atoms with E-state index in [0.717, 1.165) is 14.9 Å². The summed E-state index contributed by atoms with van der Waals surface area (Å²) in [5, 5.41) is 8.08. The highest BCUT2D eigenvalue weighted by molar-refractivity contribution is 9.10. The van der Waals surface area contributed by atoms with Crippen LogP contribution < -0.4 is 5.73 Å². The average Bonchev–Trinajstić information content (AvgIpc) is 2.20. The third kappa shape index (κ3) is 3.52. The predicted molar refractivity (Wildman–Crippen MR) is 75.3 cm³/mol. The van der Waals surface area contributed by atoms with E-state index < -0.39 is 0 Å². The van der Waals surface area contributed by atoms with Gasteiger partial charge in [0, 0.05) is 20.2 Å². The zero-order valence-corrected chi connectivity index (χ0v) is 12.2. The number of amidine groups is 1. The lowest BCUT2D eigenvalue weighted by atomic mass is 10.2. The molecule has 0 saturated heterocycles. The van der Waals surface area contributed by atoms with Crippen molar-refractivity contribution in [2.75, 3.05) is 0 Å². The van der Waals surface area contributed by atoms with E-state index in [1.54, 1.807) is 11.8 Å². The molecule has 0 spiro atoms. The van der Waals surface area contributed by atoms with E-state index in [9.17, 15) is 0 Å². The smallest absolute Gasteiger partial charge is 0.123 e. The molecule has 0 amide bonds. The van der Waals surface area contributed by atoms with E-state index in [1.807, 2.05) is 18.2 Å². The molecule has 0 aliphatic carbocycles. The Morgan fingerprint density at radius 2 is 2.00 bits per heavy atom. The fraction of sp³-hybridized carbons (Fsp3) is 0.417. The lowest BCUT2D eigenvalue weighted by Crippen LogP contribution is -2.14. The molecule has 1 atom stereocenters. The predicted octanol–water partition coefficient (Wildman–Crippen LogP) is 3.87. The van der Waals surface area contributed by atoms with E-state index in [1.165, 1.54) is 0 Å². The lowest BCUT2D eigenvalue weighted by molar-refractivity contribution is 0.642. The molecule has 1 unspecified atom stereocenters. The summed E-state index contributed by atoms with van der Waals surface area (Å²) in [5.74, 6) is 0.730. The van der Waals surface area contributed by atoms with E-state index in [0.29, 0.717) is 11.2 Å². The maximum absolute atomic E-state index is 7.57. The fourth-order valence-electron chi connectivity index (χ4n) is 1.15. The third-order valence-corrected chi connectivity index (χ3v) is 4.50. The first-order valence-electron chi connectivity index (χ1n) is 5.22. The largest absolute Gasteiger partial charge is 0.384 e. The Morgan fingerprint density at radius 1 is 1.38 bits per heavy atom. The fourth-order valence-corrected chi connectivity index (χ4v) is 2.63. The van der Waals surface area contributed by atoms with Gasteiger partial charge in [0.1, 0.15) is 5.84 Å². The molecule has 3 N–H and O–H groups in total. The van der Waals surface area contributed by atoms with Gasteiger partial charge in [0.05, 0.1) is 0 Å². The van der Waals surface area contributed by atoms with Crippen LogP contribution in [0.15, 0.2) is 27.6 Å². The molecule has 1 aromatic carbocycles. The number of nitrogens with one attached hydrogen (secondary N) is 1. The van der Waals surface area contributed by atoms with Crippen LogP contribution in [0.25, 0.3) is 0 Å². The number of nitrogen functional groups attached to an aromatic ring is 1. The summed E-state index contributed by atoms with van der Waals surface area (Å²) in [6.45, 7) is 6.59. The van der Waals surface area contributed by atoms with Gasteiger partial charge in [-0.05, 0) is 24.1 Å². The van der Waals surface area contributed by atoms with Gasteiger partial charge in [-0.2, -0.15) is 0 Å². The number of hydrogen-bond donors (Lipinski definition) is 2. The van der Waals surface area contributed by atoms with Crippen molar-refractivity contribution >= 4 is 33.5 Å². The minimum Gasteiger partial charge on any atom is -0.384 e. The highest BCUT2D eigenvalue weighted by Crippen LogP contribution is 2.31. The molecule has 0 bridgehead atoms. The average molecular weight is 301 g/mol. The third-order valence-electron chi connectivity index (χ3n) is 2.48. The van der Waals surface area contributed by atoms with Crippen molar-refractivity contribution in [2.24, 2.45) is 11.7 Å². The molecule has 0 aliphatic rings. The molecular weight excluding hydrogens is 284 g/mol. The van der Waals surface area contributed by atoms with Crippen molar-refractivity contribution in [3.63, 3.8) is 0 Å². The normalized spacial score (nSPS) is 12.8. The van der Waals surface area contributed by atoms with E-state index in [4.69, 9.17) is 11.1 Å². The zero-order valence-electron chi connectivity index (χ0n) is 9.75. The number of hydrogen-bond acceptors (Lipinski definition) is 2. The summed E-state index contributed by atoms with van der Waals surface area (Å²) in [6.07, 6.45) is 0. The first-order valence-corrected chi connectivity index (χ1v) is 6.89. The Balaban J connectivity index is 2.99. The van der Waals surface area contributed by atoms with Gasteiger partial charge in [-0.25, -0.2) is 0 Å². The van der Waals surface area contributed by atoms with Crippen LogP contribution in [0.1, 0.15) is 26.3 Å². The Labute approximate surface area is 110 Å². The van der Waals surface area contributed by atoms with Gasteiger partial charge in [-0.3, -0.25) is 5.41 Å². The molecular formula is C12H17BrN2S. The lowest BCUT2D eigenvalue weighted by Gasteiger charge is -2.17. The van der Waals surface area contributed by atoms with Crippen LogP contribution in [0.4, 0.5) is 0 Å². The molecule has 0 fully saturated rings. The maximum atomic E-state index is 7.57. The molecule has 0 aliphatic heterocycles. The summed E-state index contributed by atoms with van der Waals surface area (Å²) < 4.78 is 0.958. The van der Waals surface area contributed by atoms with Crippen LogP contribution in [0.2, 0.25) is 0 Å². The molecule has 4 heteroatoms. The Bertz CT molecular complexity index is 391. The molecule has 0 saturated carbocycles. The number of nitrogens with two attached hydrogens (primary N) is 1. The van der Waals surface area contributed by atoms with Gasteiger partial charge in [0.25, 0.3) is 0 Å². The molecule has 1 aromatic rings. The Kier molecular flexibility index (Phi) is 4.87. The van der Waals surface area contributed by atoms with Gasteiger partial charge >= 0.3 is 0 Å². The first kappa shape index (κ1) is 13.6. The van der Waals surface area contributed by atoms with Crippen LogP contribution in [-0.4, -0.2) is 11.1 Å². The standard InChI is InChI=1S/C12H17BrN2S/c1-7(2)8(3)16-11-5-4-9(13)6-10(11)12(14)15/h4-8H,1-3H3,(H3,14,15). The van der Waals surface area contributed by atoms with Gasteiger partial charge in [-0.1, -0.05) is 36.7 Å². The molecule has 16 heavy (non-hydrogen) atoms. The minimum atomic E-state index is 0.125. The Morgan fingerprint density at radius 3 is 2.50 bits per heavy atom. The van der Waals surface area contributed by atoms with Crippen LogP contribution in [0.3, 0.4) is 0 Å². The second-order valence-corrected chi connectivity index (χ2v) is 6.46. The van der Waals surface area contributed by atoms with E-state index in [2.05, 4.69) is 36.7 Å². The van der Waals surface area contributed by atoms with Crippen LogP contribution >= 0.6 is 27.7 Å². The summed E-state index contributed by atoms with van der Waals surface area (Å²) in [6, 6.07) is 5.91. The van der Waals surface area contributed by atoms with Crippen LogP contribution in [0, 0.1) is 11.3 Å². The number of benzene rings is 1. The van der Waals surface area contributed by atoms with Crippen LogP contribution in [0.5, 0.6) is 0 Å². The minimum absolute atomic E-state index is 0.125. The van der Waals surface area contributed by atoms with Crippen molar-refractivity contribution in [1.82, 2.24) is 0 Å². The molecule has 0 heterocycles. The molecule has 0 radical (unpaired) electrons. The monoisotopic (exact) mass is 300 g/mol. The molecule has 2 nitrogen and oxygen atoms in total. The Hall–Kier alpha value is -0.480. The highest BCUT2D eigenvalue weighted by Gasteiger charge is 2.13. The number of halogens is 1. The topological polar surface area (TPSA) is 49.9 Å². The van der Waals surface area contributed by atoms with Crippen molar-refractivity contribution in [1.29, 1.82) is 5.41 Å². The second-order valence-electron chi connectivity index (χ2n) is 4.12. The van der Waals surface area contributed by atoms with E-state index in [-0.39, 0.29) is 5.84 Å². The second kappa shape index (κ2) is 5.73. The summed E-state index contributed by atoms with van der Waals surface area (Å²) in [4.78, 5) is 1.08. The van der Waals surface area contributed by atoms with Crippen molar-refractivity contribution in [2.45, 2.75) is 30.9 Å². The van der Waals surface area contributed by atoms with E-state index >= 15 is 0 Å². The summed E-state index contributed by atoms with van der Waals surface area (Å²) in [7, 11) is 0. The maximum Gasteiger partial charge on any atom is 0.123 e. The molecule has 88 valence electrons. The summed E-state index contributed by atoms with van der Waals surface area (Å²) in [5.41, 5.74) is 6.40. The molecule has 1 rings (SSSR count). The van der Waals surface area contributed by atoms with Gasteiger partial charge in [0.15, 0.2) is 0 Å². The quantitative estimate of drug-likeness (QED) is 0.504. The van der Waals surface area contributed by atoms with Gasteiger partial charge in [-0.15, -0.1) is 11.8 Å². The SMILES string of the molecule is CC(C)C(C)Sc1ccc(Br)cc1C(=N)N. The van der Waals surface area contributed by atoms with Crippen LogP contribution in [-0.2, 0) is 0 Å². The van der Waals surface area contributed by atoms with Crippen molar-refractivity contribution in [3.05, 3.63) is 28.2 Å².